The van der Waals surface area contributed by atoms with Crippen LogP contribution < -0.4 is 19.7 Å². The second-order valence-corrected chi connectivity index (χ2v) is 12.1. The molecule has 1 saturated heterocycles. The third kappa shape index (κ3) is 7.59. The number of hydrogen-bond donors (Lipinski definition) is 1. The summed E-state index contributed by atoms with van der Waals surface area (Å²) in [6.45, 7) is 5.17. The first-order valence-corrected chi connectivity index (χ1v) is 16.4. The Balaban J connectivity index is 1.38. The van der Waals surface area contributed by atoms with E-state index in [0.29, 0.717) is 53.5 Å². The Morgan fingerprint density at radius 1 is 0.896 bits per heavy atom. The van der Waals surface area contributed by atoms with Crippen molar-refractivity contribution in [1.29, 1.82) is 0 Å². The summed E-state index contributed by atoms with van der Waals surface area (Å²) in [5, 5.41) is 2.96. The van der Waals surface area contributed by atoms with Crippen molar-refractivity contribution in [2.75, 3.05) is 57.6 Å². The molecule has 1 aliphatic heterocycles. The van der Waals surface area contributed by atoms with E-state index in [9.17, 15) is 14.4 Å². The molecule has 5 rings (SSSR count). The Morgan fingerprint density at radius 3 is 2.29 bits per heavy atom. The molecule has 9 nitrogen and oxygen atoms in total. The minimum atomic E-state index is -1.14. The van der Waals surface area contributed by atoms with E-state index in [1.54, 1.807) is 37.4 Å². The maximum absolute atomic E-state index is 13.9. The van der Waals surface area contributed by atoms with Crippen LogP contribution in [0.2, 0.25) is 0 Å². The number of amides is 2. The van der Waals surface area contributed by atoms with Crippen LogP contribution in [-0.2, 0) is 4.79 Å². The van der Waals surface area contributed by atoms with Gasteiger partial charge in [0, 0.05) is 50.8 Å². The molecule has 1 unspecified atom stereocenters. The van der Waals surface area contributed by atoms with Gasteiger partial charge in [-0.15, -0.1) is 0 Å². The van der Waals surface area contributed by atoms with Gasteiger partial charge in [-0.1, -0.05) is 74.0 Å². The second-order valence-electron chi connectivity index (χ2n) is 12.1. The number of carbonyl (C=O) groups is 3. The predicted octanol–water partition coefficient (Wildman–Crippen LogP) is 6.60. The molecule has 0 aromatic heterocycles. The molecule has 4 aromatic carbocycles. The Hall–Kier alpha value is -4.99. The van der Waals surface area contributed by atoms with Crippen molar-refractivity contribution < 1.29 is 23.9 Å². The number of nitrogens with one attached hydrogen (secondary N) is 1. The molecule has 1 fully saturated rings. The van der Waals surface area contributed by atoms with Crippen LogP contribution in [0.3, 0.4) is 0 Å². The summed E-state index contributed by atoms with van der Waals surface area (Å²) in [4.78, 5) is 46.1. The zero-order valence-corrected chi connectivity index (χ0v) is 28.1. The van der Waals surface area contributed by atoms with E-state index >= 15 is 0 Å². The maximum atomic E-state index is 13.9. The molecule has 9 heteroatoms. The monoisotopic (exact) mass is 648 g/mol. The quantitative estimate of drug-likeness (QED) is 0.163. The molecule has 0 saturated carbocycles. The summed E-state index contributed by atoms with van der Waals surface area (Å²) in [5.41, 5.74) is 2.45. The van der Waals surface area contributed by atoms with Gasteiger partial charge >= 0.3 is 0 Å². The van der Waals surface area contributed by atoms with Gasteiger partial charge in [0.15, 0.2) is 6.29 Å². The summed E-state index contributed by atoms with van der Waals surface area (Å²) in [6.07, 6.45) is 3.21. The molecule has 4 aromatic rings. The normalized spacial score (nSPS) is 14.8. The number of nitrogens with zero attached hydrogens (tertiary/aromatic N) is 3. The van der Waals surface area contributed by atoms with Gasteiger partial charge in [-0.25, -0.2) is 0 Å². The fourth-order valence-electron chi connectivity index (χ4n) is 6.03. The molecule has 1 atom stereocenters. The minimum absolute atomic E-state index is 0.294. The number of unbranched alkanes of at least 4 members (excludes halogenated alkanes) is 1. The van der Waals surface area contributed by atoms with Crippen LogP contribution in [0.25, 0.3) is 11.1 Å². The lowest BCUT2D eigenvalue weighted by molar-refractivity contribution is -0.146. The largest absolute Gasteiger partial charge is 0.495 e. The lowest BCUT2D eigenvalue weighted by Crippen LogP contribution is -2.60. The molecule has 48 heavy (non-hydrogen) atoms. The Labute approximate surface area is 283 Å². The zero-order valence-electron chi connectivity index (χ0n) is 28.1. The third-order valence-corrected chi connectivity index (χ3v) is 8.88. The van der Waals surface area contributed by atoms with Crippen LogP contribution in [0.5, 0.6) is 11.5 Å². The van der Waals surface area contributed by atoms with Crippen molar-refractivity contribution >= 4 is 29.5 Å². The number of ether oxygens (including phenoxy) is 2. The number of hydrogen-bond acceptors (Lipinski definition) is 7. The fourth-order valence-corrected chi connectivity index (χ4v) is 6.03. The molecule has 1 N–H and O–H groups in total. The van der Waals surface area contributed by atoms with Crippen LogP contribution in [-0.4, -0.2) is 81.0 Å². The van der Waals surface area contributed by atoms with Crippen molar-refractivity contribution in [2.24, 2.45) is 0 Å². The number of anilines is 2. The number of piperazine rings is 1. The van der Waals surface area contributed by atoms with Crippen molar-refractivity contribution in [3.05, 3.63) is 108 Å². The molecule has 0 spiro atoms. The Morgan fingerprint density at radius 2 is 1.58 bits per heavy atom. The average molecular weight is 649 g/mol. The zero-order chi connectivity index (χ0) is 34.1. The minimum Gasteiger partial charge on any atom is -0.495 e. The van der Waals surface area contributed by atoms with Crippen LogP contribution in [0.1, 0.15) is 46.9 Å². The van der Waals surface area contributed by atoms with Crippen molar-refractivity contribution in [1.82, 2.24) is 9.80 Å². The van der Waals surface area contributed by atoms with Crippen LogP contribution in [0, 0.1) is 0 Å². The number of aldehydes is 1. The van der Waals surface area contributed by atoms with Gasteiger partial charge in [0.1, 0.15) is 11.5 Å². The Bertz CT molecular complexity index is 1720. The highest BCUT2D eigenvalue weighted by Crippen LogP contribution is 2.35. The van der Waals surface area contributed by atoms with Gasteiger partial charge in [0.05, 0.1) is 18.5 Å². The number of likely N-dealkylation sites (N-methyl/N-ethyl adjacent to an activating group) is 1. The number of para-hydroxylation sites is 2. The van der Waals surface area contributed by atoms with Gasteiger partial charge in [0.2, 0.25) is 5.72 Å². The molecule has 1 heterocycles. The van der Waals surface area contributed by atoms with Crippen molar-refractivity contribution in [2.45, 2.75) is 31.9 Å². The third-order valence-electron chi connectivity index (χ3n) is 8.88. The summed E-state index contributed by atoms with van der Waals surface area (Å²) in [5.74, 6) is 0.195. The molecular weight excluding hydrogens is 604 g/mol. The first-order valence-electron chi connectivity index (χ1n) is 16.4. The van der Waals surface area contributed by atoms with Gasteiger partial charge in [-0.2, -0.15) is 0 Å². The lowest BCUT2D eigenvalue weighted by atomic mass is 9.99. The highest BCUT2D eigenvalue weighted by atomic mass is 16.5. The highest BCUT2D eigenvalue weighted by Gasteiger charge is 2.40. The van der Waals surface area contributed by atoms with Gasteiger partial charge in [-0.05, 0) is 61.0 Å². The van der Waals surface area contributed by atoms with E-state index in [4.69, 9.17) is 9.47 Å². The first kappa shape index (κ1) is 34.3. The van der Waals surface area contributed by atoms with E-state index in [0.717, 1.165) is 43.3 Å². The summed E-state index contributed by atoms with van der Waals surface area (Å²) in [7, 11) is 5.25. The molecular formula is C39H44N4O5. The second kappa shape index (κ2) is 15.7. The molecule has 0 bridgehead atoms. The SMILES string of the molecule is CCCCC(C=O)(Oc1ccccc1N(C)C(=O)c1ccc(NC(=O)c2ccccc2-c2ccccc2)c(OC)c1)N1CCN(C)CC1. The van der Waals surface area contributed by atoms with Crippen LogP contribution >= 0.6 is 0 Å². The first-order chi connectivity index (χ1) is 23.3. The standard InChI is InChI=1S/C39H44N4O5/c1-5-6-22-39(28-44,43-25-23-41(2)24-26-43)48-35-19-13-12-18-34(35)42(3)38(46)30-20-21-33(36(27-30)47-4)40-37(45)32-17-11-10-16-31(32)29-14-8-7-9-15-29/h7-21,27-28H,5-6,22-26H2,1-4H3,(H,40,45). The predicted molar refractivity (Wildman–Crippen MR) is 190 cm³/mol. The Kier molecular flexibility index (Phi) is 11.3. The van der Waals surface area contributed by atoms with Gasteiger partial charge in [0.25, 0.3) is 11.8 Å². The molecule has 0 radical (unpaired) electrons. The number of rotatable bonds is 13. The van der Waals surface area contributed by atoms with Crippen LogP contribution in [0.15, 0.2) is 97.1 Å². The van der Waals surface area contributed by atoms with E-state index < -0.39 is 5.72 Å². The lowest BCUT2D eigenvalue weighted by Gasteiger charge is -2.44. The smallest absolute Gasteiger partial charge is 0.258 e. The average Bonchev–Trinajstić information content (AvgIpc) is 3.13. The van der Waals surface area contributed by atoms with E-state index in [1.165, 1.54) is 12.0 Å². The number of carbonyl (C=O) groups excluding carboxylic acids is 3. The van der Waals surface area contributed by atoms with E-state index in [1.807, 2.05) is 66.7 Å². The van der Waals surface area contributed by atoms with Gasteiger partial charge < -0.3 is 24.6 Å². The van der Waals surface area contributed by atoms with Crippen molar-refractivity contribution in [3.8, 4) is 22.6 Å². The highest BCUT2D eigenvalue weighted by molar-refractivity contribution is 6.10. The maximum Gasteiger partial charge on any atom is 0.258 e. The number of methoxy groups -OCH3 is 1. The summed E-state index contributed by atoms with van der Waals surface area (Å²) in [6, 6.07) is 29.4. The van der Waals surface area contributed by atoms with Crippen molar-refractivity contribution in [3.63, 3.8) is 0 Å². The molecule has 0 aliphatic carbocycles. The molecule has 250 valence electrons. The van der Waals surface area contributed by atoms with Gasteiger partial charge in [-0.3, -0.25) is 19.3 Å². The summed E-state index contributed by atoms with van der Waals surface area (Å²) >= 11 is 0. The van der Waals surface area contributed by atoms with E-state index in [-0.39, 0.29) is 11.8 Å². The van der Waals surface area contributed by atoms with E-state index in [2.05, 4.69) is 29.1 Å². The fraction of sp³-hybridized carbons (Fsp3) is 0.308. The molecule has 1 aliphatic rings. The van der Waals surface area contributed by atoms with Crippen LogP contribution in [0.4, 0.5) is 11.4 Å². The topological polar surface area (TPSA) is 91.4 Å². The molecule has 2 amide bonds. The number of benzene rings is 4. The summed E-state index contributed by atoms with van der Waals surface area (Å²) < 4.78 is 12.3.